The summed E-state index contributed by atoms with van der Waals surface area (Å²) in [6.07, 6.45) is 1.46. The van der Waals surface area contributed by atoms with Gasteiger partial charge in [0, 0.05) is 29.8 Å². The Morgan fingerprint density at radius 3 is 2.72 bits per heavy atom. The van der Waals surface area contributed by atoms with Crippen molar-refractivity contribution in [3.8, 4) is 5.75 Å². The standard InChI is InChI=1S/C22H18Cl2FN5O4S2/c1-11-28-30-20-15(26-22(30)35-11)7-8-29(19(20)13-4-3-12(23)9-14(13)25)18(31)10-34-16-5-6-17(27-21(16)24)36(2,32)33/h3-6,9,19H,7-8,10H2,1-2H3. The van der Waals surface area contributed by atoms with Crippen molar-refractivity contribution in [2.45, 2.75) is 24.4 Å². The maximum atomic E-state index is 15.1. The molecule has 188 valence electrons. The molecule has 0 fully saturated rings. The second kappa shape index (κ2) is 9.25. The van der Waals surface area contributed by atoms with E-state index in [0.29, 0.717) is 17.1 Å². The van der Waals surface area contributed by atoms with Crippen LogP contribution in [0.3, 0.4) is 0 Å². The number of halogens is 3. The molecule has 1 amide bonds. The lowest BCUT2D eigenvalue weighted by Gasteiger charge is -2.35. The molecule has 0 N–H and O–H groups in total. The van der Waals surface area contributed by atoms with Gasteiger partial charge in [-0.3, -0.25) is 4.79 Å². The summed E-state index contributed by atoms with van der Waals surface area (Å²) in [6.45, 7) is 1.68. The van der Waals surface area contributed by atoms with E-state index in [2.05, 4.69) is 15.1 Å². The van der Waals surface area contributed by atoms with Gasteiger partial charge < -0.3 is 9.64 Å². The first kappa shape index (κ1) is 24.9. The van der Waals surface area contributed by atoms with E-state index >= 15 is 4.39 Å². The first-order chi connectivity index (χ1) is 17.0. The van der Waals surface area contributed by atoms with E-state index in [9.17, 15) is 13.2 Å². The molecule has 0 aliphatic carbocycles. The molecule has 4 heterocycles. The zero-order chi connectivity index (χ0) is 25.8. The molecule has 14 heteroatoms. The van der Waals surface area contributed by atoms with Gasteiger partial charge in [-0.05, 0) is 31.2 Å². The van der Waals surface area contributed by atoms with Crippen molar-refractivity contribution in [2.75, 3.05) is 19.4 Å². The van der Waals surface area contributed by atoms with Gasteiger partial charge in [0.1, 0.15) is 16.9 Å². The molecule has 9 nitrogen and oxygen atoms in total. The van der Waals surface area contributed by atoms with Crippen molar-refractivity contribution in [3.63, 3.8) is 0 Å². The monoisotopic (exact) mass is 569 g/mol. The number of amides is 1. The summed E-state index contributed by atoms with van der Waals surface area (Å²) >= 11 is 13.5. The number of carbonyl (C=O) groups excluding carboxylic acids is 1. The predicted molar refractivity (Wildman–Crippen MR) is 132 cm³/mol. The third kappa shape index (κ3) is 4.54. The summed E-state index contributed by atoms with van der Waals surface area (Å²) in [4.78, 5) is 24.0. The highest BCUT2D eigenvalue weighted by Gasteiger charge is 2.38. The summed E-state index contributed by atoms with van der Waals surface area (Å²) in [5, 5.41) is 5.12. The number of aryl methyl sites for hydroxylation is 1. The topological polar surface area (TPSA) is 107 Å². The molecule has 0 saturated carbocycles. The SMILES string of the molecule is Cc1nn2c3c(nc2s1)CCN(C(=O)COc1ccc(S(C)(=O)=O)nc1Cl)C3c1ccc(Cl)cc1F. The first-order valence-electron chi connectivity index (χ1n) is 10.6. The summed E-state index contributed by atoms with van der Waals surface area (Å²) in [7, 11) is -3.56. The molecule has 1 aliphatic heterocycles. The van der Waals surface area contributed by atoms with E-state index in [1.807, 2.05) is 6.92 Å². The molecule has 1 atom stereocenters. The van der Waals surface area contributed by atoms with Crippen LogP contribution in [-0.2, 0) is 21.1 Å². The van der Waals surface area contributed by atoms with Crippen molar-refractivity contribution < 1.29 is 22.3 Å². The van der Waals surface area contributed by atoms with Crippen molar-refractivity contribution in [2.24, 2.45) is 0 Å². The molecule has 1 aliphatic rings. The Bertz CT molecular complexity index is 1620. The van der Waals surface area contributed by atoms with Crippen LogP contribution in [0.4, 0.5) is 4.39 Å². The second-order valence-corrected chi connectivity index (χ2v) is 12.1. The molecule has 5 rings (SSSR count). The number of carbonyl (C=O) groups is 1. The highest BCUT2D eigenvalue weighted by atomic mass is 35.5. The number of benzene rings is 1. The smallest absolute Gasteiger partial charge is 0.261 e. The number of rotatable bonds is 5. The Balaban J connectivity index is 1.49. The highest BCUT2D eigenvalue weighted by Crippen LogP contribution is 2.38. The molecular formula is C22H18Cl2FN5O4S2. The van der Waals surface area contributed by atoms with Crippen LogP contribution >= 0.6 is 34.5 Å². The number of aromatic nitrogens is 4. The average Bonchev–Trinajstić information content (AvgIpc) is 3.32. The molecule has 4 aromatic rings. The van der Waals surface area contributed by atoms with Crippen molar-refractivity contribution >= 4 is 55.2 Å². The summed E-state index contributed by atoms with van der Waals surface area (Å²) in [5.74, 6) is -0.957. The molecule has 1 aromatic carbocycles. The number of nitrogens with zero attached hydrogens (tertiary/aromatic N) is 5. The van der Waals surface area contributed by atoms with E-state index in [1.54, 1.807) is 16.6 Å². The number of sulfone groups is 1. The van der Waals surface area contributed by atoms with Gasteiger partial charge in [0.2, 0.25) is 4.96 Å². The van der Waals surface area contributed by atoms with Crippen LogP contribution in [0.1, 0.15) is 28.0 Å². The lowest BCUT2D eigenvalue weighted by Crippen LogP contribution is -2.43. The highest BCUT2D eigenvalue weighted by molar-refractivity contribution is 7.90. The maximum Gasteiger partial charge on any atom is 0.261 e. The van der Waals surface area contributed by atoms with Crippen molar-refractivity contribution in [1.82, 2.24) is 24.5 Å². The van der Waals surface area contributed by atoms with Crippen molar-refractivity contribution in [1.29, 1.82) is 0 Å². The van der Waals surface area contributed by atoms with Gasteiger partial charge in [-0.25, -0.2) is 27.3 Å². The van der Waals surface area contributed by atoms with Crippen LogP contribution in [-0.4, -0.2) is 58.2 Å². The number of pyridine rings is 1. The molecule has 0 saturated heterocycles. The molecular weight excluding hydrogens is 552 g/mol. The van der Waals surface area contributed by atoms with E-state index in [0.717, 1.165) is 17.0 Å². The normalized spacial score (nSPS) is 15.8. The average molecular weight is 570 g/mol. The van der Waals surface area contributed by atoms with Gasteiger partial charge in [-0.15, -0.1) is 0 Å². The van der Waals surface area contributed by atoms with E-state index in [-0.39, 0.29) is 33.1 Å². The van der Waals surface area contributed by atoms with Crippen LogP contribution in [0.15, 0.2) is 35.4 Å². The number of ether oxygens (including phenoxy) is 1. The fraction of sp³-hybridized carbons (Fsp3) is 0.273. The number of imidazole rings is 1. The Labute approximate surface area is 219 Å². The van der Waals surface area contributed by atoms with Crippen molar-refractivity contribution in [3.05, 3.63) is 68.3 Å². The predicted octanol–water partition coefficient (Wildman–Crippen LogP) is 3.90. The zero-order valence-electron chi connectivity index (χ0n) is 18.9. The third-order valence-electron chi connectivity index (χ3n) is 5.67. The molecule has 36 heavy (non-hydrogen) atoms. The van der Waals surface area contributed by atoms with Gasteiger partial charge in [-0.1, -0.05) is 40.6 Å². The minimum atomic E-state index is -3.56. The van der Waals surface area contributed by atoms with E-state index in [4.69, 9.17) is 27.9 Å². The van der Waals surface area contributed by atoms with Crippen LogP contribution in [0.25, 0.3) is 4.96 Å². The summed E-state index contributed by atoms with van der Waals surface area (Å²) < 4.78 is 45.8. The molecule has 1 unspecified atom stereocenters. The number of fused-ring (bicyclic) bond motifs is 3. The van der Waals surface area contributed by atoms with E-state index in [1.165, 1.54) is 34.4 Å². The van der Waals surface area contributed by atoms with E-state index < -0.39 is 34.2 Å². The largest absolute Gasteiger partial charge is 0.481 e. The minimum Gasteiger partial charge on any atom is -0.481 e. The molecule has 0 spiro atoms. The van der Waals surface area contributed by atoms with Crippen LogP contribution in [0.2, 0.25) is 10.2 Å². The second-order valence-electron chi connectivity index (χ2n) is 8.16. The number of hydrogen-bond acceptors (Lipinski definition) is 8. The van der Waals surface area contributed by atoms with Gasteiger partial charge in [0.15, 0.2) is 32.4 Å². The fourth-order valence-corrected chi connectivity index (χ4v) is 5.87. The summed E-state index contributed by atoms with van der Waals surface area (Å²) in [5.41, 5.74) is 1.59. The zero-order valence-corrected chi connectivity index (χ0v) is 22.0. The Morgan fingerprint density at radius 2 is 2.03 bits per heavy atom. The Kier molecular flexibility index (Phi) is 6.39. The lowest BCUT2D eigenvalue weighted by molar-refractivity contribution is -0.135. The molecule has 0 bridgehead atoms. The van der Waals surface area contributed by atoms with Gasteiger partial charge >= 0.3 is 0 Å². The lowest BCUT2D eigenvalue weighted by atomic mass is 9.95. The Morgan fingerprint density at radius 1 is 1.25 bits per heavy atom. The Hall–Kier alpha value is -2.80. The van der Waals surface area contributed by atoms with Crippen LogP contribution < -0.4 is 4.74 Å². The van der Waals surface area contributed by atoms with Gasteiger partial charge in [0.05, 0.1) is 11.4 Å². The summed E-state index contributed by atoms with van der Waals surface area (Å²) in [6, 6.07) is 6.06. The quantitative estimate of drug-likeness (QED) is 0.335. The molecule has 0 radical (unpaired) electrons. The first-order valence-corrected chi connectivity index (χ1v) is 14.1. The fourth-order valence-electron chi connectivity index (χ4n) is 4.11. The van der Waals surface area contributed by atoms with Crippen LogP contribution in [0.5, 0.6) is 5.75 Å². The third-order valence-corrected chi connectivity index (χ3v) is 7.99. The van der Waals surface area contributed by atoms with Crippen LogP contribution in [0, 0.1) is 12.7 Å². The number of hydrogen-bond donors (Lipinski definition) is 0. The minimum absolute atomic E-state index is 0.0474. The maximum absolute atomic E-state index is 15.1. The van der Waals surface area contributed by atoms with Gasteiger partial charge in [0.25, 0.3) is 5.91 Å². The molecule has 3 aromatic heterocycles. The van der Waals surface area contributed by atoms with Gasteiger partial charge in [-0.2, -0.15) is 5.10 Å².